The molecule has 0 atom stereocenters. The molecule has 1 fully saturated rings. The minimum atomic E-state index is -4.43. The smallest absolute Gasteiger partial charge is 0.409 e. The van der Waals surface area contributed by atoms with Gasteiger partial charge in [-0.3, -0.25) is 4.79 Å². The van der Waals surface area contributed by atoms with Gasteiger partial charge in [0.1, 0.15) is 19.0 Å². The molecule has 6 nitrogen and oxygen atoms in total. The van der Waals surface area contributed by atoms with E-state index < -0.39 is 25.3 Å². The lowest BCUT2D eigenvalue weighted by Crippen LogP contribution is -2.43. The lowest BCUT2D eigenvalue weighted by Gasteiger charge is -2.31. The molecular formula is C10H16F3N3O3. The van der Waals surface area contributed by atoms with Crippen LogP contribution in [-0.4, -0.2) is 54.3 Å². The Balaban J connectivity index is 2.29. The van der Waals surface area contributed by atoms with Crippen molar-refractivity contribution < 1.29 is 27.9 Å². The van der Waals surface area contributed by atoms with E-state index >= 15 is 0 Å². The molecule has 0 saturated carbocycles. The molecule has 9 heteroatoms. The number of nitrogens with zero attached hydrogens (tertiary/aromatic N) is 2. The fourth-order valence-electron chi connectivity index (χ4n) is 1.85. The molecule has 0 aromatic rings. The van der Waals surface area contributed by atoms with Gasteiger partial charge in [0, 0.05) is 19.0 Å². The molecule has 1 amide bonds. The number of amides is 1. The van der Waals surface area contributed by atoms with Gasteiger partial charge in [0.15, 0.2) is 0 Å². The van der Waals surface area contributed by atoms with Crippen LogP contribution in [0.2, 0.25) is 0 Å². The average Bonchev–Trinajstić information content (AvgIpc) is 2.36. The average molecular weight is 283 g/mol. The first-order chi connectivity index (χ1) is 8.83. The van der Waals surface area contributed by atoms with Crippen LogP contribution in [0.5, 0.6) is 0 Å². The summed E-state index contributed by atoms with van der Waals surface area (Å²) in [6, 6.07) is 0. The second-order valence-corrected chi connectivity index (χ2v) is 4.29. The highest BCUT2D eigenvalue weighted by molar-refractivity contribution is 5.83. The van der Waals surface area contributed by atoms with E-state index in [0.29, 0.717) is 25.9 Å². The molecule has 0 radical (unpaired) electrons. The molecule has 1 rings (SSSR count). The maximum Gasteiger partial charge on any atom is 0.411 e. The summed E-state index contributed by atoms with van der Waals surface area (Å²) < 4.78 is 39.8. The summed E-state index contributed by atoms with van der Waals surface area (Å²) in [5.74, 6) is -0.479. The molecule has 1 aliphatic heterocycles. The fraction of sp³-hybridized carbons (Fsp3) is 0.800. The second kappa shape index (κ2) is 6.60. The Morgan fingerprint density at radius 3 is 2.47 bits per heavy atom. The molecule has 0 aliphatic carbocycles. The Kier molecular flexibility index (Phi) is 5.40. The molecule has 110 valence electrons. The number of alkyl halides is 3. The van der Waals surface area contributed by atoms with Crippen LogP contribution in [0.15, 0.2) is 5.16 Å². The van der Waals surface area contributed by atoms with E-state index in [0.717, 1.165) is 0 Å². The molecule has 0 aromatic heterocycles. The number of ether oxygens (including phenoxy) is 1. The highest BCUT2D eigenvalue weighted by Crippen LogP contribution is 2.18. The monoisotopic (exact) mass is 283 g/mol. The molecule has 19 heavy (non-hydrogen) atoms. The van der Waals surface area contributed by atoms with E-state index in [-0.39, 0.29) is 11.8 Å². The third kappa shape index (κ3) is 5.33. The zero-order valence-corrected chi connectivity index (χ0v) is 10.2. The number of carbonyl (C=O) groups is 1. The lowest BCUT2D eigenvalue weighted by atomic mass is 9.96. The van der Waals surface area contributed by atoms with Gasteiger partial charge in [-0.15, -0.1) is 0 Å². The summed E-state index contributed by atoms with van der Waals surface area (Å²) >= 11 is 0. The Labute approximate surface area is 108 Å². The number of halogens is 3. The van der Waals surface area contributed by atoms with E-state index in [1.165, 1.54) is 4.90 Å². The van der Waals surface area contributed by atoms with Gasteiger partial charge in [0.25, 0.3) is 0 Å². The van der Waals surface area contributed by atoms with Crippen molar-refractivity contribution in [3.8, 4) is 0 Å². The van der Waals surface area contributed by atoms with Gasteiger partial charge in [-0.25, -0.2) is 0 Å². The van der Waals surface area contributed by atoms with Crippen LogP contribution in [0.1, 0.15) is 12.8 Å². The van der Waals surface area contributed by atoms with Crippen molar-refractivity contribution in [3.05, 3.63) is 0 Å². The van der Waals surface area contributed by atoms with Crippen molar-refractivity contribution in [2.45, 2.75) is 19.0 Å². The topological polar surface area (TPSA) is 88.2 Å². The Morgan fingerprint density at radius 1 is 1.42 bits per heavy atom. The maximum atomic E-state index is 11.8. The predicted molar refractivity (Wildman–Crippen MR) is 59.6 cm³/mol. The first-order valence-corrected chi connectivity index (χ1v) is 5.73. The minimum absolute atomic E-state index is 0.106. The molecule has 1 heterocycles. The number of likely N-dealkylation sites (tertiary alicyclic amines) is 1. The summed E-state index contributed by atoms with van der Waals surface area (Å²) in [7, 11) is 0. The largest absolute Gasteiger partial charge is 0.411 e. The van der Waals surface area contributed by atoms with Crippen LogP contribution in [0.25, 0.3) is 0 Å². The summed E-state index contributed by atoms with van der Waals surface area (Å²) in [6.45, 7) is -1.31. The Bertz CT molecular complexity index is 339. The van der Waals surface area contributed by atoms with E-state index in [2.05, 4.69) is 9.89 Å². The normalized spacial score (nSPS) is 18.7. The number of oxime groups is 1. The number of hydrogen-bond donors (Lipinski definition) is 2. The van der Waals surface area contributed by atoms with Crippen molar-refractivity contribution in [2.75, 3.05) is 26.3 Å². The van der Waals surface area contributed by atoms with Gasteiger partial charge in [-0.2, -0.15) is 13.2 Å². The summed E-state index contributed by atoms with van der Waals surface area (Å²) in [5, 5.41) is 11.4. The molecule has 0 unspecified atom stereocenters. The van der Waals surface area contributed by atoms with Gasteiger partial charge in [-0.05, 0) is 12.8 Å². The highest BCUT2D eigenvalue weighted by atomic mass is 19.4. The maximum absolute atomic E-state index is 11.8. The van der Waals surface area contributed by atoms with Gasteiger partial charge in [-0.1, -0.05) is 5.16 Å². The zero-order chi connectivity index (χ0) is 14.5. The SMILES string of the molecule is NC(=NO)C1CCN(C(=O)COCC(F)(F)F)CC1. The van der Waals surface area contributed by atoms with Crippen LogP contribution in [0.4, 0.5) is 13.2 Å². The van der Waals surface area contributed by atoms with Crippen molar-refractivity contribution in [1.82, 2.24) is 4.90 Å². The van der Waals surface area contributed by atoms with Crippen molar-refractivity contribution >= 4 is 11.7 Å². The summed E-state index contributed by atoms with van der Waals surface area (Å²) in [4.78, 5) is 13.0. The summed E-state index contributed by atoms with van der Waals surface area (Å²) in [5.41, 5.74) is 5.44. The summed E-state index contributed by atoms with van der Waals surface area (Å²) in [6.07, 6.45) is -3.40. The Hall–Kier alpha value is -1.51. The Morgan fingerprint density at radius 2 is 2.00 bits per heavy atom. The minimum Gasteiger partial charge on any atom is -0.409 e. The molecule has 1 saturated heterocycles. The van der Waals surface area contributed by atoms with Gasteiger partial charge < -0.3 is 20.6 Å². The molecule has 0 spiro atoms. The first kappa shape index (κ1) is 15.5. The first-order valence-electron chi connectivity index (χ1n) is 5.73. The number of carbonyl (C=O) groups excluding carboxylic acids is 1. The van der Waals surface area contributed by atoms with Crippen LogP contribution in [-0.2, 0) is 9.53 Å². The van der Waals surface area contributed by atoms with Gasteiger partial charge in [0.2, 0.25) is 5.91 Å². The molecule has 0 aromatic carbocycles. The van der Waals surface area contributed by atoms with E-state index in [9.17, 15) is 18.0 Å². The number of hydrogen-bond acceptors (Lipinski definition) is 4. The zero-order valence-electron chi connectivity index (χ0n) is 10.2. The third-order valence-electron chi connectivity index (χ3n) is 2.87. The van der Waals surface area contributed by atoms with Crippen molar-refractivity contribution in [3.63, 3.8) is 0 Å². The van der Waals surface area contributed by atoms with Crippen LogP contribution >= 0.6 is 0 Å². The second-order valence-electron chi connectivity index (χ2n) is 4.29. The van der Waals surface area contributed by atoms with Crippen LogP contribution in [0.3, 0.4) is 0 Å². The van der Waals surface area contributed by atoms with Crippen LogP contribution in [0, 0.1) is 5.92 Å². The predicted octanol–water partition coefficient (Wildman–Crippen LogP) is 0.550. The molecule has 1 aliphatic rings. The highest BCUT2D eigenvalue weighted by Gasteiger charge is 2.29. The van der Waals surface area contributed by atoms with Crippen LogP contribution < -0.4 is 5.73 Å². The number of piperidine rings is 1. The standard InChI is InChI=1S/C10H16F3N3O3/c11-10(12,13)6-19-5-8(17)16-3-1-7(2-4-16)9(14)15-18/h7,18H,1-6H2,(H2,14,15). The fourth-order valence-corrected chi connectivity index (χ4v) is 1.85. The molecular weight excluding hydrogens is 267 g/mol. The molecule has 3 N–H and O–H groups in total. The van der Waals surface area contributed by atoms with E-state index in [4.69, 9.17) is 10.9 Å². The number of amidine groups is 1. The molecule has 0 bridgehead atoms. The van der Waals surface area contributed by atoms with E-state index in [1.807, 2.05) is 0 Å². The quantitative estimate of drug-likeness (QED) is 0.341. The van der Waals surface area contributed by atoms with Gasteiger partial charge in [0.05, 0.1) is 0 Å². The van der Waals surface area contributed by atoms with Gasteiger partial charge >= 0.3 is 6.18 Å². The third-order valence-corrected chi connectivity index (χ3v) is 2.87. The van der Waals surface area contributed by atoms with E-state index in [1.54, 1.807) is 0 Å². The van der Waals surface area contributed by atoms with Crippen molar-refractivity contribution in [2.24, 2.45) is 16.8 Å². The van der Waals surface area contributed by atoms with Crippen molar-refractivity contribution in [1.29, 1.82) is 0 Å². The number of rotatable bonds is 4. The lowest BCUT2D eigenvalue weighted by molar-refractivity contribution is -0.178. The number of nitrogens with two attached hydrogens (primary N) is 1.